The summed E-state index contributed by atoms with van der Waals surface area (Å²) in [5, 5.41) is 3.60. The predicted octanol–water partition coefficient (Wildman–Crippen LogP) is 2.39. The van der Waals surface area contributed by atoms with E-state index in [0.717, 1.165) is 24.0 Å². The molecule has 0 atom stereocenters. The number of nitrogens with one attached hydrogen (secondary N) is 1. The Hall–Kier alpha value is -0.0800. The smallest absolute Gasteiger partial charge is 0.00968 e. The number of nitrogens with zero attached hydrogens (tertiary/aromatic N) is 1. The highest BCUT2D eigenvalue weighted by atomic mass is 15.2. The number of likely N-dealkylation sites (tertiary alicyclic amines) is 1. The molecule has 0 aromatic rings. The van der Waals surface area contributed by atoms with Gasteiger partial charge >= 0.3 is 0 Å². The molecule has 0 radical (unpaired) electrons. The minimum absolute atomic E-state index is 0.818. The molecule has 1 saturated heterocycles. The fraction of sp³-hybridized carbons (Fsp3) is 1.00. The molecule has 0 amide bonds. The van der Waals surface area contributed by atoms with Gasteiger partial charge < -0.3 is 5.32 Å². The van der Waals surface area contributed by atoms with Gasteiger partial charge in [0.1, 0.15) is 0 Å². The van der Waals surface area contributed by atoms with Crippen LogP contribution in [0.2, 0.25) is 0 Å². The Kier molecular flexibility index (Phi) is 2.97. The Morgan fingerprint density at radius 2 is 1.81 bits per heavy atom. The average Bonchev–Trinajstić information content (AvgIpc) is 2.16. The highest BCUT2D eigenvalue weighted by molar-refractivity contribution is 5.02. The largest absolute Gasteiger partial charge is 0.314 e. The zero-order chi connectivity index (χ0) is 11.0. The molecule has 1 aliphatic heterocycles. The Labute approximate surface area is 99.8 Å². The highest BCUT2D eigenvalue weighted by Crippen LogP contribution is 2.49. The maximum absolute atomic E-state index is 3.60. The first kappa shape index (κ1) is 11.0. The Bertz CT molecular complexity index is 231. The summed E-state index contributed by atoms with van der Waals surface area (Å²) in [6, 6.07) is 1.75. The second-order valence-corrected chi connectivity index (χ2v) is 6.32. The number of hydrogen-bond donors (Lipinski definition) is 1. The summed E-state index contributed by atoms with van der Waals surface area (Å²) in [6.07, 6.45) is 10.2. The third-order valence-corrected chi connectivity index (χ3v) is 5.20. The monoisotopic (exact) mass is 222 g/mol. The van der Waals surface area contributed by atoms with Crippen LogP contribution in [0, 0.1) is 5.41 Å². The van der Waals surface area contributed by atoms with Gasteiger partial charge in [-0.25, -0.2) is 0 Å². The van der Waals surface area contributed by atoms with Crippen molar-refractivity contribution in [2.24, 2.45) is 5.41 Å². The number of rotatable bonds is 3. The lowest BCUT2D eigenvalue weighted by atomic mass is 9.63. The highest BCUT2D eigenvalue weighted by Gasteiger charge is 2.49. The summed E-state index contributed by atoms with van der Waals surface area (Å²) >= 11 is 0. The molecule has 0 bridgehead atoms. The van der Waals surface area contributed by atoms with Crippen LogP contribution in [-0.4, -0.2) is 36.6 Å². The van der Waals surface area contributed by atoms with Crippen LogP contribution in [0.1, 0.15) is 51.9 Å². The molecule has 16 heavy (non-hydrogen) atoms. The zero-order valence-electron chi connectivity index (χ0n) is 10.7. The lowest BCUT2D eigenvalue weighted by molar-refractivity contribution is -0.0904. The van der Waals surface area contributed by atoms with E-state index in [9.17, 15) is 0 Å². The van der Waals surface area contributed by atoms with Crippen LogP contribution in [0.25, 0.3) is 0 Å². The molecule has 3 aliphatic rings. The molecule has 1 N–H and O–H groups in total. The van der Waals surface area contributed by atoms with E-state index in [1.807, 2.05) is 0 Å². The first-order valence-corrected chi connectivity index (χ1v) is 7.29. The van der Waals surface area contributed by atoms with E-state index in [-0.39, 0.29) is 0 Å². The number of hydrogen-bond acceptors (Lipinski definition) is 2. The van der Waals surface area contributed by atoms with Crippen molar-refractivity contribution in [1.29, 1.82) is 0 Å². The quantitative estimate of drug-likeness (QED) is 0.789. The molecule has 1 spiro atoms. The molecule has 2 saturated carbocycles. The van der Waals surface area contributed by atoms with E-state index in [4.69, 9.17) is 0 Å². The van der Waals surface area contributed by atoms with E-state index in [2.05, 4.69) is 17.1 Å². The van der Waals surface area contributed by atoms with Crippen molar-refractivity contribution in [3.05, 3.63) is 0 Å². The van der Waals surface area contributed by atoms with Crippen LogP contribution in [0.15, 0.2) is 0 Å². The fourth-order valence-corrected chi connectivity index (χ4v) is 4.00. The van der Waals surface area contributed by atoms with Gasteiger partial charge in [0, 0.05) is 25.2 Å². The Balaban J connectivity index is 1.41. The normalized spacial score (nSPS) is 38.1. The van der Waals surface area contributed by atoms with Crippen molar-refractivity contribution in [3.8, 4) is 0 Å². The second-order valence-electron chi connectivity index (χ2n) is 6.32. The molecule has 0 aromatic heterocycles. The molecular weight excluding hydrogens is 196 g/mol. The lowest BCUT2D eigenvalue weighted by Crippen LogP contribution is -2.63. The summed E-state index contributed by atoms with van der Waals surface area (Å²) in [7, 11) is 0. The Morgan fingerprint density at radius 1 is 1.12 bits per heavy atom. The van der Waals surface area contributed by atoms with Crippen molar-refractivity contribution in [3.63, 3.8) is 0 Å². The second kappa shape index (κ2) is 4.30. The predicted molar refractivity (Wildman–Crippen MR) is 67.6 cm³/mol. The third kappa shape index (κ3) is 1.91. The molecule has 3 rings (SSSR count). The summed E-state index contributed by atoms with van der Waals surface area (Å²) in [5.41, 5.74) is 0.818. The SMILES string of the molecule is CCNC1CCC(N2CC3(CCC3)C2)CC1. The van der Waals surface area contributed by atoms with Crippen molar-refractivity contribution < 1.29 is 0 Å². The van der Waals surface area contributed by atoms with Gasteiger partial charge in [-0.05, 0) is 50.5 Å². The van der Waals surface area contributed by atoms with Gasteiger partial charge in [0.25, 0.3) is 0 Å². The fourth-order valence-electron chi connectivity index (χ4n) is 4.00. The van der Waals surface area contributed by atoms with E-state index < -0.39 is 0 Å². The van der Waals surface area contributed by atoms with Crippen LogP contribution in [0.4, 0.5) is 0 Å². The van der Waals surface area contributed by atoms with Crippen LogP contribution < -0.4 is 5.32 Å². The molecule has 2 heteroatoms. The van der Waals surface area contributed by atoms with Crippen LogP contribution in [0.3, 0.4) is 0 Å². The van der Waals surface area contributed by atoms with E-state index in [1.165, 1.54) is 58.0 Å². The Morgan fingerprint density at radius 3 is 2.31 bits per heavy atom. The molecule has 3 fully saturated rings. The van der Waals surface area contributed by atoms with Gasteiger partial charge in [-0.15, -0.1) is 0 Å². The van der Waals surface area contributed by atoms with Crippen molar-refractivity contribution >= 4 is 0 Å². The first-order chi connectivity index (χ1) is 7.81. The van der Waals surface area contributed by atoms with Gasteiger partial charge in [0.15, 0.2) is 0 Å². The standard InChI is InChI=1S/C14H26N2/c1-2-15-12-4-6-13(7-5-12)16-10-14(11-16)8-3-9-14/h12-13,15H,2-11H2,1H3. The minimum atomic E-state index is 0.818. The molecular formula is C14H26N2. The van der Waals surface area contributed by atoms with Crippen molar-refractivity contribution in [2.45, 2.75) is 64.0 Å². The first-order valence-electron chi connectivity index (χ1n) is 7.29. The average molecular weight is 222 g/mol. The van der Waals surface area contributed by atoms with Gasteiger partial charge in [-0.3, -0.25) is 4.90 Å². The van der Waals surface area contributed by atoms with Gasteiger partial charge in [-0.2, -0.15) is 0 Å². The summed E-state index contributed by atoms with van der Waals surface area (Å²) in [5.74, 6) is 0. The molecule has 2 nitrogen and oxygen atoms in total. The maximum atomic E-state index is 3.60. The molecule has 0 unspecified atom stereocenters. The lowest BCUT2D eigenvalue weighted by Gasteiger charge is -2.59. The third-order valence-electron chi connectivity index (χ3n) is 5.20. The van der Waals surface area contributed by atoms with Crippen molar-refractivity contribution in [2.75, 3.05) is 19.6 Å². The minimum Gasteiger partial charge on any atom is -0.314 e. The molecule has 2 aliphatic carbocycles. The van der Waals surface area contributed by atoms with Gasteiger partial charge in [0.05, 0.1) is 0 Å². The summed E-state index contributed by atoms with van der Waals surface area (Å²) in [4.78, 5) is 2.78. The van der Waals surface area contributed by atoms with Crippen LogP contribution >= 0.6 is 0 Å². The summed E-state index contributed by atoms with van der Waals surface area (Å²) in [6.45, 7) is 6.23. The molecule has 0 aromatic carbocycles. The van der Waals surface area contributed by atoms with Gasteiger partial charge in [-0.1, -0.05) is 13.3 Å². The van der Waals surface area contributed by atoms with Gasteiger partial charge in [0.2, 0.25) is 0 Å². The zero-order valence-corrected chi connectivity index (χ0v) is 10.7. The topological polar surface area (TPSA) is 15.3 Å². The van der Waals surface area contributed by atoms with Crippen LogP contribution in [-0.2, 0) is 0 Å². The van der Waals surface area contributed by atoms with E-state index in [0.29, 0.717) is 0 Å². The van der Waals surface area contributed by atoms with Crippen molar-refractivity contribution in [1.82, 2.24) is 10.2 Å². The molecule has 92 valence electrons. The van der Waals surface area contributed by atoms with Crippen LogP contribution in [0.5, 0.6) is 0 Å². The summed E-state index contributed by atoms with van der Waals surface area (Å²) < 4.78 is 0. The molecule has 1 heterocycles. The maximum Gasteiger partial charge on any atom is 0.00968 e. The van der Waals surface area contributed by atoms with E-state index in [1.54, 1.807) is 0 Å². The van der Waals surface area contributed by atoms with E-state index >= 15 is 0 Å².